The Morgan fingerprint density at radius 2 is 1.95 bits per heavy atom. The molecule has 1 aromatic heterocycles. The first-order valence-electron chi connectivity index (χ1n) is 5.64. The highest BCUT2D eigenvalue weighted by Gasteiger charge is 2.24. The molecule has 2 rings (SSSR count). The summed E-state index contributed by atoms with van der Waals surface area (Å²) in [5.74, 6) is 0. The van der Waals surface area contributed by atoms with Gasteiger partial charge in [0.2, 0.25) is 10.0 Å². The number of aryl methyl sites for hydroxylation is 2. The third-order valence-corrected chi connectivity index (χ3v) is 4.77. The van der Waals surface area contributed by atoms with Crippen molar-refractivity contribution in [2.24, 2.45) is 7.05 Å². The number of hydrogen-bond donors (Lipinski definition) is 1. The minimum Gasteiger partial charge on any atom is -0.255 e. The van der Waals surface area contributed by atoms with Crippen LogP contribution in [0.3, 0.4) is 0 Å². The van der Waals surface area contributed by atoms with Crippen LogP contribution >= 0.6 is 11.6 Å². The van der Waals surface area contributed by atoms with Crippen molar-refractivity contribution in [3.63, 3.8) is 0 Å². The van der Waals surface area contributed by atoms with Gasteiger partial charge >= 0.3 is 0 Å². The zero-order valence-corrected chi connectivity index (χ0v) is 12.2. The molecular formula is C12H14ClN3O2S. The first-order valence-corrected chi connectivity index (χ1v) is 7.50. The molecule has 0 aliphatic carbocycles. The van der Waals surface area contributed by atoms with Crippen molar-refractivity contribution in [1.82, 2.24) is 14.5 Å². The Labute approximate surface area is 117 Å². The van der Waals surface area contributed by atoms with Crippen LogP contribution in [0.2, 0.25) is 5.15 Å². The molecule has 0 aliphatic heterocycles. The first kappa shape index (κ1) is 14.0. The molecule has 1 aromatic carbocycles. The second-order valence-electron chi connectivity index (χ2n) is 4.14. The van der Waals surface area contributed by atoms with Crippen LogP contribution in [0.5, 0.6) is 0 Å². The van der Waals surface area contributed by atoms with E-state index in [1.807, 2.05) is 30.3 Å². The second-order valence-corrected chi connectivity index (χ2v) is 6.20. The van der Waals surface area contributed by atoms with Crippen molar-refractivity contribution in [3.8, 4) is 0 Å². The Morgan fingerprint density at radius 1 is 1.32 bits per heavy atom. The second kappa shape index (κ2) is 5.32. The van der Waals surface area contributed by atoms with Gasteiger partial charge in [-0.25, -0.2) is 13.1 Å². The van der Waals surface area contributed by atoms with E-state index >= 15 is 0 Å². The Bertz CT molecular complexity index is 681. The highest BCUT2D eigenvalue weighted by Crippen LogP contribution is 2.23. The summed E-state index contributed by atoms with van der Waals surface area (Å²) in [5, 5.41) is 4.11. The zero-order chi connectivity index (χ0) is 14.0. The molecule has 5 nitrogen and oxygen atoms in total. The largest absolute Gasteiger partial charge is 0.255 e. The maximum Gasteiger partial charge on any atom is 0.245 e. The highest BCUT2D eigenvalue weighted by atomic mass is 35.5. The number of sulfonamides is 1. The quantitative estimate of drug-likeness (QED) is 0.937. The van der Waals surface area contributed by atoms with E-state index in [0.29, 0.717) is 5.69 Å². The maximum absolute atomic E-state index is 12.2. The van der Waals surface area contributed by atoms with Crippen molar-refractivity contribution in [3.05, 3.63) is 46.7 Å². The Hall–Kier alpha value is -1.37. The predicted molar refractivity (Wildman–Crippen MR) is 73.4 cm³/mol. The lowest BCUT2D eigenvalue weighted by Crippen LogP contribution is -2.23. The molecule has 0 bridgehead atoms. The summed E-state index contributed by atoms with van der Waals surface area (Å²) in [6.07, 6.45) is 0. The molecule has 0 fully saturated rings. The topological polar surface area (TPSA) is 64.0 Å². The first-order chi connectivity index (χ1) is 8.92. The highest BCUT2D eigenvalue weighted by molar-refractivity contribution is 7.89. The van der Waals surface area contributed by atoms with Crippen LogP contribution < -0.4 is 4.72 Å². The Morgan fingerprint density at radius 3 is 2.47 bits per heavy atom. The smallest absolute Gasteiger partial charge is 0.245 e. The summed E-state index contributed by atoms with van der Waals surface area (Å²) in [6.45, 7) is 1.83. The van der Waals surface area contributed by atoms with Crippen molar-refractivity contribution in [1.29, 1.82) is 0 Å². The molecule has 102 valence electrons. The van der Waals surface area contributed by atoms with Gasteiger partial charge in [0.15, 0.2) is 0 Å². The van der Waals surface area contributed by atoms with Gasteiger partial charge in [-0.05, 0) is 12.5 Å². The fraction of sp³-hybridized carbons (Fsp3) is 0.250. The molecule has 0 aliphatic rings. The SMILES string of the molecule is Cc1nn(C)c(Cl)c1S(=O)(=O)NCc1ccccc1. The summed E-state index contributed by atoms with van der Waals surface area (Å²) in [6, 6.07) is 9.28. The van der Waals surface area contributed by atoms with Crippen LogP contribution in [0.4, 0.5) is 0 Å². The minimum absolute atomic E-state index is 0.0348. The van der Waals surface area contributed by atoms with Crippen molar-refractivity contribution in [2.45, 2.75) is 18.4 Å². The predicted octanol–water partition coefficient (Wildman–Crippen LogP) is 1.86. The van der Waals surface area contributed by atoms with Gasteiger partial charge in [0.05, 0.1) is 5.69 Å². The fourth-order valence-corrected chi connectivity index (χ4v) is 3.53. The molecule has 0 amide bonds. The lowest BCUT2D eigenvalue weighted by Gasteiger charge is -2.06. The third kappa shape index (κ3) is 2.97. The van der Waals surface area contributed by atoms with Gasteiger partial charge in [-0.3, -0.25) is 4.68 Å². The lowest BCUT2D eigenvalue weighted by atomic mass is 10.2. The summed E-state index contributed by atoms with van der Waals surface area (Å²) in [7, 11) is -2.06. The van der Waals surface area contributed by atoms with E-state index in [-0.39, 0.29) is 16.6 Å². The summed E-state index contributed by atoms with van der Waals surface area (Å²) in [5.41, 5.74) is 1.26. The van der Waals surface area contributed by atoms with Gasteiger partial charge in [-0.2, -0.15) is 5.10 Å². The molecule has 1 N–H and O–H groups in total. The summed E-state index contributed by atoms with van der Waals surface area (Å²) < 4.78 is 28.3. The van der Waals surface area contributed by atoms with Crippen LogP contribution in [-0.2, 0) is 23.6 Å². The monoisotopic (exact) mass is 299 g/mol. The number of benzene rings is 1. The van der Waals surface area contributed by atoms with Gasteiger partial charge in [-0.1, -0.05) is 41.9 Å². The van der Waals surface area contributed by atoms with E-state index in [4.69, 9.17) is 11.6 Å². The molecule has 0 saturated heterocycles. The Kier molecular flexibility index (Phi) is 3.93. The number of halogens is 1. The standard InChI is InChI=1S/C12H14ClN3O2S/c1-9-11(12(13)16(2)15-9)19(17,18)14-8-10-6-4-3-5-7-10/h3-7,14H,8H2,1-2H3. The number of nitrogens with one attached hydrogen (secondary N) is 1. The number of nitrogens with zero attached hydrogens (tertiary/aromatic N) is 2. The van der Waals surface area contributed by atoms with Crippen LogP contribution in [0.15, 0.2) is 35.2 Å². The Balaban J connectivity index is 2.24. The molecule has 19 heavy (non-hydrogen) atoms. The maximum atomic E-state index is 12.2. The number of hydrogen-bond acceptors (Lipinski definition) is 3. The molecule has 7 heteroatoms. The van der Waals surface area contributed by atoms with Gasteiger partial charge in [0, 0.05) is 13.6 Å². The molecular weight excluding hydrogens is 286 g/mol. The third-order valence-electron chi connectivity index (χ3n) is 2.68. The van der Waals surface area contributed by atoms with Crippen molar-refractivity contribution >= 4 is 21.6 Å². The van der Waals surface area contributed by atoms with Crippen molar-refractivity contribution < 1.29 is 8.42 Å². The average molecular weight is 300 g/mol. The van der Waals surface area contributed by atoms with E-state index in [2.05, 4.69) is 9.82 Å². The van der Waals surface area contributed by atoms with Gasteiger partial charge in [0.1, 0.15) is 10.0 Å². The molecule has 0 unspecified atom stereocenters. The molecule has 0 spiro atoms. The van der Waals surface area contributed by atoms with Crippen LogP contribution in [0, 0.1) is 6.92 Å². The summed E-state index contributed by atoms with van der Waals surface area (Å²) >= 11 is 5.96. The molecule has 0 atom stereocenters. The van der Waals surface area contributed by atoms with E-state index in [0.717, 1.165) is 5.56 Å². The fourth-order valence-electron chi connectivity index (χ4n) is 1.76. The number of aromatic nitrogens is 2. The lowest BCUT2D eigenvalue weighted by molar-refractivity contribution is 0.580. The van der Waals surface area contributed by atoms with Crippen molar-refractivity contribution in [2.75, 3.05) is 0 Å². The van der Waals surface area contributed by atoms with E-state index in [9.17, 15) is 8.42 Å². The van der Waals surface area contributed by atoms with Crippen LogP contribution in [0.25, 0.3) is 0 Å². The number of rotatable bonds is 4. The minimum atomic E-state index is -3.66. The van der Waals surface area contributed by atoms with E-state index < -0.39 is 10.0 Å². The molecule has 2 aromatic rings. The summed E-state index contributed by atoms with van der Waals surface area (Å²) in [4.78, 5) is 0.0348. The van der Waals surface area contributed by atoms with E-state index in [1.165, 1.54) is 4.68 Å². The van der Waals surface area contributed by atoms with Crippen LogP contribution in [-0.4, -0.2) is 18.2 Å². The van der Waals surface area contributed by atoms with Gasteiger partial charge in [0.25, 0.3) is 0 Å². The molecule has 1 heterocycles. The molecule has 0 radical (unpaired) electrons. The normalized spacial score (nSPS) is 11.7. The van der Waals surface area contributed by atoms with Gasteiger partial charge < -0.3 is 0 Å². The van der Waals surface area contributed by atoms with Gasteiger partial charge in [-0.15, -0.1) is 0 Å². The average Bonchev–Trinajstić information content (AvgIpc) is 2.63. The van der Waals surface area contributed by atoms with E-state index in [1.54, 1.807) is 14.0 Å². The van der Waals surface area contributed by atoms with Crippen LogP contribution in [0.1, 0.15) is 11.3 Å². The zero-order valence-electron chi connectivity index (χ0n) is 10.6. The molecule has 0 saturated carbocycles.